The Kier molecular flexibility index (Phi) is 5.50. The Morgan fingerprint density at radius 3 is 2.56 bits per heavy atom. The van der Waals surface area contributed by atoms with Crippen LogP contribution in [0.5, 0.6) is 0 Å². The average Bonchev–Trinajstić information content (AvgIpc) is 2.42. The lowest BCUT2D eigenvalue weighted by Crippen LogP contribution is -2.37. The van der Waals surface area contributed by atoms with Crippen LogP contribution in [-0.2, 0) is 10.0 Å². The highest BCUT2D eigenvalue weighted by atomic mass is 35.5. The molecule has 96 valence electrons. The Morgan fingerprint density at radius 1 is 1.25 bits per heavy atom. The van der Waals surface area contributed by atoms with Crippen molar-refractivity contribution in [3.05, 3.63) is 0 Å². The SMILES string of the molecule is CC(CCl)CS(=O)(=O)N1CCCN(C)CC1. The zero-order valence-corrected chi connectivity index (χ0v) is 11.6. The van der Waals surface area contributed by atoms with Crippen molar-refractivity contribution in [1.29, 1.82) is 0 Å². The summed E-state index contributed by atoms with van der Waals surface area (Å²) in [6.45, 7) is 4.90. The molecule has 16 heavy (non-hydrogen) atoms. The number of sulfonamides is 1. The van der Waals surface area contributed by atoms with E-state index in [9.17, 15) is 8.42 Å². The molecule has 4 nitrogen and oxygen atoms in total. The van der Waals surface area contributed by atoms with E-state index >= 15 is 0 Å². The molecule has 6 heteroatoms. The summed E-state index contributed by atoms with van der Waals surface area (Å²) in [6, 6.07) is 0. The normalized spacial score (nSPS) is 22.9. The molecule has 1 atom stereocenters. The van der Waals surface area contributed by atoms with Gasteiger partial charge in [-0.25, -0.2) is 12.7 Å². The summed E-state index contributed by atoms with van der Waals surface area (Å²) in [5, 5.41) is 0. The Hall–Kier alpha value is 0.160. The molecule has 1 aliphatic rings. The molecule has 1 heterocycles. The highest BCUT2D eigenvalue weighted by Crippen LogP contribution is 2.11. The minimum absolute atomic E-state index is 0.0210. The summed E-state index contributed by atoms with van der Waals surface area (Å²) in [6.07, 6.45) is 0.908. The zero-order chi connectivity index (χ0) is 12.2. The lowest BCUT2D eigenvalue weighted by atomic mass is 10.3. The zero-order valence-electron chi connectivity index (χ0n) is 10.0. The van der Waals surface area contributed by atoms with E-state index in [2.05, 4.69) is 4.90 Å². The van der Waals surface area contributed by atoms with E-state index < -0.39 is 10.0 Å². The maximum absolute atomic E-state index is 12.1. The lowest BCUT2D eigenvalue weighted by Gasteiger charge is -2.21. The van der Waals surface area contributed by atoms with Gasteiger partial charge in [0.2, 0.25) is 10.0 Å². The second kappa shape index (κ2) is 6.19. The minimum atomic E-state index is -3.12. The van der Waals surface area contributed by atoms with Gasteiger partial charge in [-0.15, -0.1) is 11.6 Å². The molecule has 0 aliphatic carbocycles. The summed E-state index contributed by atoms with van der Waals surface area (Å²) in [7, 11) is -1.09. The van der Waals surface area contributed by atoms with Gasteiger partial charge in [0.05, 0.1) is 5.75 Å². The summed E-state index contributed by atoms with van der Waals surface area (Å²) >= 11 is 5.66. The molecule has 0 spiro atoms. The van der Waals surface area contributed by atoms with Gasteiger partial charge in [-0.1, -0.05) is 6.92 Å². The molecule has 1 unspecified atom stereocenters. The Bertz CT molecular complexity index is 308. The molecular weight excluding hydrogens is 248 g/mol. The molecule has 0 aromatic heterocycles. The largest absolute Gasteiger partial charge is 0.305 e. The van der Waals surface area contributed by atoms with E-state index in [0.717, 1.165) is 19.5 Å². The van der Waals surface area contributed by atoms with Crippen molar-refractivity contribution >= 4 is 21.6 Å². The van der Waals surface area contributed by atoms with E-state index in [1.165, 1.54) is 0 Å². The van der Waals surface area contributed by atoms with Gasteiger partial charge in [0.15, 0.2) is 0 Å². The third-order valence-corrected chi connectivity index (χ3v) is 5.50. The van der Waals surface area contributed by atoms with Gasteiger partial charge in [0, 0.05) is 25.5 Å². The number of hydrogen-bond donors (Lipinski definition) is 0. The van der Waals surface area contributed by atoms with Gasteiger partial charge in [-0.05, 0) is 25.9 Å². The van der Waals surface area contributed by atoms with Crippen molar-refractivity contribution in [1.82, 2.24) is 9.21 Å². The van der Waals surface area contributed by atoms with E-state index in [1.54, 1.807) is 4.31 Å². The second-order valence-electron chi connectivity index (χ2n) is 4.59. The smallest absolute Gasteiger partial charge is 0.214 e. The van der Waals surface area contributed by atoms with Gasteiger partial charge in [-0.3, -0.25) is 0 Å². The molecule has 1 rings (SSSR count). The minimum Gasteiger partial charge on any atom is -0.305 e. The predicted octanol–water partition coefficient (Wildman–Crippen LogP) is 0.829. The van der Waals surface area contributed by atoms with Crippen LogP contribution >= 0.6 is 11.6 Å². The fraction of sp³-hybridized carbons (Fsp3) is 1.00. The van der Waals surface area contributed by atoms with Crippen LogP contribution in [0.1, 0.15) is 13.3 Å². The molecule has 0 N–H and O–H groups in total. The monoisotopic (exact) mass is 268 g/mol. The molecule has 1 fully saturated rings. The molecule has 0 bridgehead atoms. The summed E-state index contributed by atoms with van der Waals surface area (Å²) in [4.78, 5) is 2.17. The van der Waals surface area contributed by atoms with Crippen molar-refractivity contribution in [2.45, 2.75) is 13.3 Å². The fourth-order valence-electron chi connectivity index (χ4n) is 1.81. The van der Waals surface area contributed by atoms with Crippen LogP contribution in [-0.4, -0.2) is 62.5 Å². The van der Waals surface area contributed by atoms with Gasteiger partial charge in [0.25, 0.3) is 0 Å². The number of alkyl halides is 1. The van der Waals surface area contributed by atoms with Gasteiger partial charge < -0.3 is 4.90 Å². The first kappa shape index (κ1) is 14.2. The van der Waals surface area contributed by atoms with Crippen LogP contribution in [0.2, 0.25) is 0 Å². The van der Waals surface area contributed by atoms with Gasteiger partial charge in [0.1, 0.15) is 0 Å². The van der Waals surface area contributed by atoms with Crippen LogP contribution in [0.3, 0.4) is 0 Å². The number of nitrogens with zero attached hydrogens (tertiary/aromatic N) is 2. The Balaban J connectivity index is 2.60. The van der Waals surface area contributed by atoms with Crippen molar-refractivity contribution in [3.63, 3.8) is 0 Å². The van der Waals surface area contributed by atoms with Gasteiger partial charge >= 0.3 is 0 Å². The van der Waals surface area contributed by atoms with Crippen LogP contribution in [0.4, 0.5) is 0 Å². The van der Waals surface area contributed by atoms with Crippen molar-refractivity contribution in [2.24, 2.45) is 5.92 Å². The third kappa shape index (κ3) is 4.20. The molecule has 0 aromatic rings. The van der Waals surface area contributed by atoms with Gasteiger partial charge in [-0.2, -0.15) is 0 Å². The average molecular weight is 269 g/mol. The van der Waals surface area contributed by atoms with Crippen LogP contribution in [0, 0.1) is 5.92 Å². The number of hydrogen-bond acceptors (Lipinski definition) is 3. The van der Waals surface area contributed by atoms with Crippen LogP contribution < -0.4 is 0 Å². The molecule has 0 saturated carbocycles. The topological polar surface area (TPSA) is 40.6 Å². The summed E-state index contributed by atoms with van der Waals surface area (Å²) < 4.78 is 25.7. The standard InChI is InChI=1S/C10H21ClN2O2S/c1-10(8-11)9-16(14,15)13-5-3-4-12(2)6-7-13/h10H,3-9H2,1-2H3. The number of likely N-dealkylation sites (N-methyl/N-ethyl adjacent to an activating group) is 1. The summed E-state index contributed by atoms with van der Waals surface area (Å²) in [5.74, 6) is 0.584. The maximum atomic E-state index is 12.1. The highest BCUT2D eigenvalue weighted by molar-refractivity contribution is 7.89. The third-order valence-electron chi connectivity index (χ3n) is 2.83. The molecule has 1 aliphatic heterocycles. The lowest BCUT2D eigenvalue weighted by molar-refractivity contribution is 0.346. The molecule has 0 radical (unpaired) electrons. The predicted molar refractivity (Wildman–Crippen MR) is 67.4 cm³/mol. The second-order valence-corrected chi connectivity index (χ2v) is 6.92. The first-order chi connectivity index (χ1) is 7.45. The number of rotatable bonds is 4. The summed E-state index contributed by atoms with van der Waals surface area (Å²) in [5.41, 5.74) is 0. The molecule has 1 saturated heterocycles. The highest BCUT2D eigenvalue weighted by Gasteiger charge is 2.25. The number of halogens is 1. The van der Waals surface area contributed by atoms with E-state index in [-0.39, 0.29) is 11.7 Å². The van der Waals surface area contributed by atoms with Crippen molar-refractivity contribution < 1.29 is 8.42 Å². The molecular formula is C10H21ClN2O2S. The first-order valence-electron chi connectivity index (χ1n) is 5.68. The Morgan fingerprint density at radius 2 is 1.94 bits per heavy atom. The van der Waals surface area contributed by atoms with E-state index in [0.29, 0.717) is 19.0 Å². The first-order valence-corrected chi connectivity index (χ1v) is 7.82. The maximum Gasteiger partial charge on any atom is 0.214 e. The van der Waals surface area contributed by atoms with Crippen molar-refractivity contribution in [2.75, 3.05) is 44.9 Å². The van der Waals surface area contributed by atoms with E-state index in [1.807, 2.05) is 14.0 Å². The quantitative estimate of drug-likeness (QED) is 0.709. The molecule has 0 aromatic carbocycles. The van der Waals surface area contributed by atoms with Crippen LogP contribution in [0.15, 0.2) is 0 Å². The molecule has 0 amide bonds. The fourth-order valence-corrected chi connectivity index (χ4v) is 3.86. The van der Waals surface area contributed by atoms with Crippen molar-refractivity contribution in [3.8, 4) is 0 Å². The van der Waals surface area contributed by atoms with E-state index in [4.69, 9.17) is 11.6 Å². The van der Waals surface area contributed by atoms with Crippen LogP contribution in [0.25, 0.3) is 0 Å². The Labute approximate surface area is 104 Å².